The Morgan fingerprint density at radius 2 is 2.36 bits per heavy atom. The summed E-state index contributed by atoms with van der Waals surface area (Å²) in [5.74, 6) is 0.298. The van der Waals surface area contributed by atoms with Crippen molar-refractivity contribution in [1.29, 1.82) is 5.26 Å². The Labute approximate surface area is 137 Å². The van der Waals surface area contributed by atoms with Crippen molar-refractivity contribution in [1.82, 2.24) is 10.2 Å². The highest BCUT2D eigenvalue weighted by Crippen LogP contribution is 2.45. The lowest BCUT2D eigenvalue weighted by Crippen LogP contribution is -2.20. The van der Waals surface area contributed by atoms with Crippen LogP contribution in [0.1, 0.15) is 41.8 Å². The van der Waals surface area contributed by atoms with E-state index in [4.69, 9.17) is 22.1 Å². The van der Waals surface area contributed by atoms with Crippen molar-refractivity contribution in [3.8, 4) is 11.9 Å². The van der Waals surface area contributed by atoms with E-state index >= 15 is 0 Å². The summed E-state index contributed by atoms with van der Waals surface area (Å²) in [5, 5.41) is 16.7. The fraction of sp³-hybridized carbons (Fsp3) is 0.333. The highest BCUT2D eigenvalue weighted by atomic mass is 35.5. The van der Waals surface area contributed by atoms with Gasteiger partial charge in [-0.05, 0) is 25.0 Å². The molecule has 0 spiro atoms. The average molecular weight is 335 g/mol. The molecule has 0 fully saturated rings. The third-order valence-corrected chi connectivity index (χ3v) is 4.97. The highest BCUT2D eigenvalue weighted by molar-refractivity contribution is 7.16. The number of halogens is 1. The molecule has 2 aromatic rings. The molecule has 0 saturated heterocycles. The minimum Gasteiger partial charge on any atom is -0.420 e. The van der Waals surface area contributed by atoms with Crippen molar-refractivity contribution in [3.05, 3.63) is 44.1 Å². The number of H-pyrrole nitrogens is 1. The maximum Gasteiger partial charge on any atom is 0.244 e. The lowest BCUT2D eigenvalue weighted by molar-refractivity contribution is 0.379. The minimum atomic E-state index is -0.267. The number of nitriles is 1. The van der Waals surface area contributed by atoms with Gasteiger partial charge in [0.15, 0.2) is 0 Å². The van der Waals surface area contributed by atoms with E-state index in [0.717, 1.165) is 35.4 Å². The number of aromatic amines is 1. The first-order valence-electron chi connectivity index (χ1n) is 7.05. The van der Waals surface area contributed by atoms with E-state index < -0.39 is 0 Å². The van der Waals surface area contributed by atoms with Crippen molar-refractivity contribution < 1.29 is 4.74 Å². The van der Waals surface area contributed by atoms with Crippen molar-refractivity contribution in [2.24, 2.45) is 5.73 Å². The van der Waals surface area contributed by atoms with Crippen LogP contribution in [-0.4, -0.2) is 10.2 Å². The van der Waals surface area contributed by atoms with Gasteiger partial charge in [-0.15, -0.1) is 16.4 Å². The summed E-state index contributed by atoms with van der Waals surface area (Å²) in [5.41, 5.74) is 8.20. The van der Waals surface area contributed by atoms with Gasteiger partial charge in [-0.2, -0.15) is 5.26 Å². The zero-order chi connectivity index (χ0) is 15.7. The molecular weight excluding hydrogens is 320 g/mol. The van der Waals surface area contributed by atoms with Gasteiger partial charge in [0.1, 0.15) is 11.6 Å². The summed E-state index contributed by atoms with van der Waals surface area (Å²) in [4.78, 5) is 0.966. The Hall–Kier alpha value is -1.97. The maximum atomic E-state index is 9.50. The summed E-state index contributed by atoms with van der Waals surface area (Å²) in [7, 11) is 0. The van der Waals surface area contributed by atoms with Gasteiger partial charge in [-0.1, -0.05) is 24.9 Å². The number of hydrogen-bond acceptors (Lipinski definition) is 5. The number of ether oxygens (including phenoxy) is 1. The van der Waals surface area contributed by atoms with Crippen LogP contribution in [0.3, 0.4) is 0 Å². The standard InChI is InChI=1S/C15H15ClN4OS/c1-2-3-4-9-13-12(10-5-6-11(16)22-10)8(7-17)14(18)21-15(13)20-19-9/h5-6,12H,2-4,18H2,1H3,(H,19,20). The lowest BCUT2D eigenvalue weighted by Gasteiger charge is -2.22. The van der Waals surface area contributed by atoms with Crippen LogP contribution in [0, 0.1) is 11.3 Å². The number of aryl methyl sites for hydroxylation is 1. The molecule has 0 bridgehead atoms. The predicted octanol–water partition coefficient (Wildman–Crippen LogP) is 3.69. The SMILES string of the molecule is CCCCc1[nH]nc2c1C(c1ccc(Cl)s1)C(C#N)=C(N)O2. The van der Waals surface area contributed by atoms with Crippen LogP contribution in [0.4, 0.5) is 0 Å². The van der Waals surface area contributed by atoms with Crippen molar-refractivity contribution in [3.63, 3.8) is 0 Å². The van der Waals surface area contributed by atoms with Gasteiger partial charge in [-0.25, -0.2) is 0 Å². The maximum absolute atomic E-state index is 9.50. The quantitative estimate of drug-likeness (QED) is 0.892. The van der Waals surface area contributed by atoms with Crippen molar-refractivity contribution in [2.75, 3.05) is 0 Å². The third kappa shape index (κ3) is 2.47. The molecule has 0 aliphatic carbocycles. The smallest absolute Gasteiger partial charge is 0.244 e. The molecule has 3 rings (SSSR count). The van der Waals surface area contributed by atoms with Crippen LogP contribution >= 0.6 is 22.9 Å². The lowest BCUT2D eigenvalue weighted by atomic mass is 9.88. The summed E-state index contributed by atoms with van der Waals surface area (Å²) in [6.45, 7) is 2.13. The topological polar surface area (TPSA) is 87.7 Å². The minimum absolute atomic E-state index is 0.109. The van der Waals surface area contributed by atoms with E-state index in [1.165, 1.54) is 11.3 Å². The van der Waals surface area contributed by atoms with Crippen LogP contribution in [0.5, 0.6) is 5.88 Å². The largest absolute Gasteiger partial charge is 0.420 e. The van der Waals surface area contributed by atoms with Gasteiger partial charge in [0.25, 0.3) is 0 Å². The first-order valence-corrected chi connectivity index (χ1v) is 8.25. The Kier molecular flexibility index (Phi) is 4.10. The van der Waals surface area contributed by atoms with Crippen LogP contribution in [0.2, 0.25) is 4.34 Å². The van der Waals surface area contributed by atoms with Gasteiger partial charge >= 0.3 is 0 Å². The van der Waals surface area contributed by atoms with Crippen molar-refractivity contribution >= 4 is 22.9 Å². The normalized spacial score (nSPS) is 17.0. The molecule has 114 valence electrons. The zero-order valence-corrected chi connectivity index (χ0v) is 13.6. The van der Waals surface area contributed by atoms with E-state index in [-0.39, 0.29) is 11.8 Å². The monoisotopic (exact) mass is 334 g/mol. The number of aromatic nitrogens is 2. The van der Waals surface area contributed by atoms with Gasteiger partial charge in [0, 0.05) is 10.6 Å². The summed E-state index contributed by atoms with van der Waals surface area (Å²) in [6, 6.07) is 5.93. The predicted molar refractivity (Wildman–Crippen MR) is 85.8 cm³/mol. The number of rotatable bonds is 4. The number of allylic oxidation sites excluding steroid dienone is 1. The van der Waals surface area contributed by atoms with Crippen molar-refractivity contribution in [2.45, 2.75) is 32.1 Å². The Balaban J connectivity index is 2.13. The second-order valence-corrected chi connectivity index (χ2v) is 6.84. The molecule has 3 heterocycles. The molecule has 22 heavy (non-hydrogen) atoms. The molecule has 2 aromatic heterocycles. The number of nitrogens with one attached hydrogen (secondary N) is 1. The zero-order valence-electron chi connectivity index (χ0n) is 12.0. The number of nitrogens with two attached hydrogens (primary N) is 1. The van der Waals surface area contributed by atoms with E-state index in [1.807, 2.05) is 12.1 Å². The Morgan fingerprint density at radius 3 is 3.00 bits per heavy atom. The molecule has 1 atom stereocenters. The molecule has 5 nitrogen and oxygen atoms in total. The molecule has 3 N–H and O–H groups in total. The molecular formula is C15H15ClN4OS. The molecule has 1 aliphatic heterocycles. The number of hydrogen-bond donors (Lipinski definition) is 2. The van der Waals surface area contributed by atoms with Crippen LogP contribution in [0.25, 0.3) is 0 Å². The van der Waals surface area contributed by atoms with Gasteiger partial charge in [-0.3, -0.25) is 5.10 Å². The van der Waals surface area contributed by atoms with Crippen LogP contribution in [0.15, 0.2) is 23.6 Å². The second kappa shape index (κ2) is 6.03. The fourth-order valence-electron chi connectivity index (χ4n) is 2.62. The molecule has 0 radical (unpaired) electrons. The number of thiophene rings is 1. The fourth-order valence-corrected chi connectivity index (χ4v) is 3.80. The number of nitrogens with zero attached hydrogens (tertiary/aromatic N) is 2. The molecule has 0 aromatic carbocycles. The highest BCUT2D eigenvalue weighted by Gasteiger charge is 2.35. The summed E-state index contributed by atoms with van der Waals surface area (Å²) < 4.78 is 6.20. The number of fused-ring (bicyclic) bond motifs is 1. The van der Waals surface area contributed by atoms with Gasteiger partial charge in [0.2, 0.25) is 11.8 Å². The first kappa shape index (κ1) is 14.9. The molecule has 0 saturated carbocycles. The first-order chi connectivity index (χ1) is 10.7. The summed E-state index contributed by atoms with van der Waals surface area (Å²) in [6.07, 6.45) is 2.97. The van der Waals surface area contributed by atoms with E-state index in [2.05, 4.69) is 23.2 Å². The van der Waals surface area contributed by atoms with E-state index in [0.29, 0.717) is 15.8 Å². The third-order valence-electron chi connectivity index (χ3n) is 3.68. The summed E-state index contributed by atoms with van der Waals surface area (Å²) >= 11 is 7.51. The second-order valence-electron chi connectivity index (χ2n) is 5.09. The molecule has 1 unspecified atom stereocenters. The van der Waals surface area contributed by atoms with Crippen LogP contribution in [-0.2, 0) is 6.42 Å². The van der Waals surface area contributed by atoms with E-state index in [9.17, 15) is 5.26 Å². The molecule has 0 amide bonds. The van der Waals surface area contributed by atoms with Gasteiger partial charge < -0.3 is 10.5 Å². The Morgan fingerprint density at radius 1 is 1.55 bits per heavy atom. The molecule has 7 heteroatoms. The van der Waals surface area contributed by atoms with Gasteiger partial charge in [0.05, 0.1) is 15.8 Å². The Bertz CT molecular complexity index is 771. The number of unbranched alkanes of at least 4 members (excludes halogenated alkanes) is 1. The van der Waals surface area contributed by atoms with Crippen LogP contribution < -0.4 is 10.5 Å². The average Bonchev–Trinajstić information content (AvgIpc) is 3.10. The van der Waals surface area contributed by atoms with E-state index in [1.54, 1.807) is 0 Å². The molecule has 1 aliphatic rings.